The molecule has 3 rings (SSSR count). The Morgan fingerprint density at radius 3 is 3.15 bits per heavy atom. The molecule has 0 radical (unpaired) electrons. The third kappa shape index (κ3) is 2.73. The zero-order valence-electron chi connectivity index (χ0n) is 10.7. The van der Waals surface area contributed by atoms with Crippen LogP contribution in [0.2, 0.25) is 0 Å². The van der Waals surface area contributed by atoms with Crippen molar-refractivity contribution in [3.63, 3.8) is 0 Å². The van der Waals surface area contributed by atoms with Crippen LogP contribution in [0.25, 0.3) is 0 Å². The van der Waals surface area contributed by atoms with Crippen molar-refractivity contribution in [2.24, 2.45) is 0 Å². The van der Waals surface area contributed by atoms with E-state index in [0.717, 1.165) is 11.4 Å². The van der Waals surface area contributed by atoms with Crippen LogP contribution in [0.5, 0.6) is 11.5 Å². The summed E-state index contributed by atoms with van der Waals surface area (Å²) in [5.74, 6) is 1.91. The molecule has 1 N–H and O–H groups in total. The molecule has 5 nitrogen and oxygen atoms in total. The Hall–Kier alpha value is -1.73. The van der Waals surface area contributed by atoms with Gasteiger partial charge in [-0.2, -0.15) is 11.8 Å². The molecule has 1 aromatic carbocycles. The molecule has 0 bridgehead atoms. The summed E-state index contributed by atoms with van der Waals surface area (Å²) in [5.41, 5.74) is 1.50. The van der Waals surface area contributed by atoms with E-state index in [1.54, 1.807) is 30.0 Å². The summed E-state index contributed by atoms with van der Waals surface area (Å²) >= 11 is 3.12. The van der Waals surface area contributed by atoms with Gasteiger partial charge in [-0.1, -0.05) is 0 Å². The van der Waals surface area contributed by atoms with Crippen molar-refractivity contribution in [2.75, 3.05) is 18.4 Å². The maximum absolute atomic E-state index is 12.1. The molecule has 7 heteroatoms. The number of nitrogens with one attached hydrogen (secondary N) is 1. The molecule has 1 amide bonds. The largest absolute Gasteiger partial charge is 0.454 e. The summed E-state index contributed by atoms with van der Waals surface area (Å²) in [5, 5.41) is 5.35. The zero-order chi connectivity index (χ0) is 13.9. The molecule has 2 aromatic rings. The number of rotatable bonds is 4. The van der Waals surface area contributed by atoms with Crippen molar-refractivity contribution in [1.82, 2.24) is 4.98 Å². The molecule has 20 heavy (non-hydrogen) atoms. The first-order chi connectivity index (χ1) is 9.76. The number of aromatic nitrogens is 1. The highest BCUT2D eigenvalue weighted by Gasteiger charge is 2.16. The molecule has 0 aliphatic carbocycles. The van der Waals surface area contributed by atoms with Gasteiger partial charge in [0.2, 0.25) is 6.79 Å². The van der Waals surface area contributed by atoms with Gasteiger partial charge in [-0.05, 0) is 24.5 Å². The lowest BCUT2D eigenvalue weighted by Crippen LogP contribution is -2.11. The van der Waals surface area contributed by atoms with E-state index in [4.69, 9.17) is 9.47 Å². The summed E-state index contributed by atoms with van der Waals surface area (Å²) in [6.07, 6.45) is 2.02. The van der Waals surface area contributed by atoms with Crippen molar-refractivity contribution in [3.05, 3.63) is 34.8 Å². The van der Waals surface area contributed by atoms with Crippen LogP contribution in [-0.4, -0.2) is 23.9 Å². The van der Waals surface area contributed by atoms with E-state index < -0.39 is 0 Å². The number of thioether (sulfide) groups is 1. The predicted molar refractivity (Wildman–Crippen MR) is 79.9 cm³/mol. The number of carbonyl (C=O) groups excluding carboxylic acids is 1. The molecule has 0 spiro atoms. The number of nitrogens with zero attached hydrogens (tertiary/aromatic N) is 1. The number of amides is 1. The highest BCUT2D eigenvalue weighted by molar-refractivity contribution is 7.97. The second-order valence-electron chi connectivity index (χ2n) is 4.10. The van der Waals surface area contributed by atoms with Crippen molar-refractivity contribution in [2.45, 2.75) is 5.75 Å². The average Bonchev–Trinajstić information content (AvgIpc) is 3.07. The minimum atomic E-state index is -0.201. The first kappa shape index (κ1) is 13.3. The molecule has 1 aliphatic rings. The summed E-state index contributed by atoms with van der Waals surface area (Å²) < 4.78 is 10.5. The molecule has 1 aromatic heterocycles. The molecule has 2 heterocycles. The van der Waals surface area contributed by atoms with E-state index in [1.165, 1.54) is 11.3 Å². The zero-order valence-corrected chi connectivity index (χ0v) is 12.3. The van der Waals surface area contributed by atoms with Crippen molar-refractivity contribution < 1.29 is 14.3 Å². The van der Waals surface area contributed by atoms with E-state index in [9.17, 15) is 4.79 Å². The van der Waals surface area contributed by atoms with Crippen LogP contribution in [-0.2, 0) is 5.75 Å². The summed E-state index contributed by atoms with van der Waals surface area (Å²) in [6, 6.07) is 5.12. The van der Waals surface area contributed by atoms with Gasteiger partial charge in [0.05, 0.1) is 5.69 Å². The summed E-state index contributed by atoms with van der Waals surface area (Å²) in [4.78, 5) is 16.5. The van der Waals surface area contributed by atoms with Crippen LogP contribution in [0.1, 0.15) is 16.1 Å². The topological polar surface area (TPSA) is 60.5 Å². The average molecular weight is 308 g/mol. The van der Waals surface area contributed by atoms with Crippen LogP contribution in [0.4, 0.5) is 5.13 Å². The quantitative estimate of drug-likeness (QED) is 0.941. The molecular weight excluding hydrogens is 296 g/mol. The minimum Gasteiger partial charge on any atom is -0.454 e. The van der Waals surface area contributed by atoms with Gasteiger partial charge in [0.25, 0.3) is 5.91 Å². The van der Waals surface area contributed by atoms with Crippen LogP contribution in [0.15, 0.2) is 23.6 Å². The number of carbonyl (C=O) groups is 1. The Kier molecular flexibility index (Phi) is 3.79. The fourth-order valence-electron chi connectivity index (χ4n) is 1.79. The SMILES string of the molecule is CSCc1csc(NC(=O)c2ccc3c(c2)OCO3)n1. The Bertz CT molecular complexity index is 642. The van der Waals surface area contributed by atoms with E-state index in [0.29, 0.717) is 22.2 Å². The van der Waals surface area contributed by atoms with Crippen LogP contribution in [0.3, 0.4) is 0 Å². The number of thiazole rings is 1. The second kappa shape index (κ2) is 5.72. The van der Waals surface area contributed by atoms with Gasteiger partial charge in [-0.25, -0.2) is 4.98 Å². The van der Waals surface area contributed by atoms with Gasteiger partial charge < -0.3 is 9.47 Å². The number of ether oxygens (including phenoxy) is 2. The number of hydrogen-bond donors (Lipinski definition) is 1. The molecule has 1 aliphatic heterocycles. The first-order valence-corrected chi connectivity index (χ1v) is 8.18. The number of fused-ring (bicyclic) bond motifs is 1. The predicted octanol–water partition coefficient (Wildman–Crippen LogP) is 2.99. The fraction of sp³-hybridized carbons (Fsp3) is 0.231. The third-order valence-corrected chi connectivity index (χ3v) is 4.09. The molecule has 0 saturated carbocycles. The number of hydrogen-bond acceptors (Lipinski definition) is 6. The van der Waals surface area contributed by atoms with Gasteiger partial charge >= 0.3 is 0 Å². The Morgan fingerprint density at radius 1 is 1.45 bits per heavy atom. The molecule has 0 fully saturated rings. The highest BCUT2D eigenvalue weighted by atomic mass is 32.2. The summed E-state index contributed by atoms with van der Waals surface area (Å²) in [6.45, 7) is 0.199. The minimum absolute atomic E-state index is 0.199. The Morgan fingerprint density at radius 2 is 2.30 bits per heavy atom. The smallest absolute Gasteiger partial charge is 0.257 e. The Balaban J connectivity index is 1.72. The highest BCUT2D eigenvalue weighted by Crippen LogP contribution is 2.32. The molecule has 0 unspecified atom stereocenters. The molecular formula is C13H12N2O3S2. The molecule has 0 saturated heterocycles. The second-order valence-corrected chi connectivity index (χ2v) is 5.82. The van der Waals surface area contributed by atoms with Crippen LogP contribution >= 0.6 is 23.1 Å². The van der Waals surface area contributed by atoms with E-state index >= 15 is 0 Å². The maximum atomic E-state index is 12.1. The van der Waals surface area contributed by atoms with E-state index in [2.05, 4.69) is 10.3 Å². The van der Waals surface area contributed by atoms with Gasteiger partial charge in [0, 0.05) is 16.7 Å². The van der Waals surface area contributed by atoms with Gasteiger partial charge in [0.1, 0.15) is 0 Å². The van der Waals surface area contributed by atoms with Gasteiger partial charge in [-0.15, -0.1) is 11.3 Å². The number of anilines is 1. The summed E-state index contributed by atoms with van der Waals surface area (Å²) in [7, 11) is 0. The van der Waals surface area contributed by atoms with Crippen LogP contribution < -0.4 is 14.8 Å². The lowest BCUT2D eigenvalue weighted by molar-refractivity contribution is 0.102. The Labute approximate surface area is 124 Å². The van der Waals surface area contributed by atoms with Crippen molar-refractivity contribution in [1.29, 1.82) is 0 Å². The molecule has 104 valence electrons. The molecule has 0 atom stereocenters. The lowest BCUT2D eigenvalue weighted by Gasteiger charge is -2.03. The van der Waals surface area contributed by atoms with Gasteiger partial charge in [-0.3, -0.25) is 10.1 Å². The normalized spacial score (nSPS) is 12.4. The van der Waals surface area contributed by atoms with Crippen molar-refractivity contribution in [3.8, 4) is 11.5 Å². The van der Waals surface area contributed by atoms with E-state index in [-0.39, 0.29) is 12.7 Å². The van der Waals surface area contributed by atoms with Crippen LogP contribution in [0, 0.1) is 0 Å². The monoisotopic (exact) mass is 308 g/mol. The first-order valence-electron chi connectivity index (χ1n) is 5.90. The lowest BCUT2D eigenvalue weighted by atomic mass is 10.2. The fourth-order valence-corrected chi connectivity index (χ4v) is 3.04. The van der Waals surface area contributed by atoms with Gasteiger partial charge in [0.15, 0.2) is 16.6 Å². The van der Waals surface area contributed by atoms with E-state index in [1.807, 2.05) is 11.6 Å². The number of benzene rings is 1. The standard InChI is InChI=1S/C13H12N2O3S2/c1-19-5-9-6-20-13(14-9)15-12(16)8-2-3-10-11(4-8)18-7-17-10/h2-4,6H,5,7H2,1H3,(H,14,15,16). The van der Waals surface area contributed by atoms with Crippen molar-refractivity contribution >= 4 is 34.1 Å². The maximum Gasteiger partial charge on any atom is 0.257 e. The third-order valence-electron chi connectivity index (χ3n) is 2.70.